The van der Waals surface area contributed by atoms with Crippen LogP contribution < -0.4 is 4.74 Å². The normalized spacial score (nSPS) is 19.3. The average molecular weight is 346 g/mol. The highest BCUT2D eigenvalue weighted by atomic mass is 16.5. The molecule has 2 aliphatic rings. The number of rotatable bonds is 3. The molecule has 2 aliphatic carbocycles. The number of hydrogen-bond acceptors (Lipinski definition) is 4. The molecule has 0 saturated heterocycles. The van der Waals surface area contributed by atoms with Gasteiger partial charge in [0, 0.05) is 35.1 Å². The number of benzene rings is 2. The topological polar surface area (TPSA) is 60.4 Å². The summed E-state index contributed by atoms with van der Waals surface area (Å²) in [6.45, 7) is 0. The van der Waals surface area contributed by atoms with Gasteiger partial charge in [-0.15, -0.1) is 0 Å². The van der Waals surface area contributed by atoms with Crippen LogP contribution in [0.2, 0.25) is 0 Å². The number of hydrogen-bond donors (Lipinski definition) is 0. The van der Waals surface area contributed by atoms with Crippen molar-refractivity contribution in [3.05, 3.63) is 76.4 Å². The van der Waals surface area contributed by atoms with Gasteiger partial charge in [-0.25, -0.2) is 0 Å². The van der Waals surface area contributed by atoms with Gasteiger partial charge in [0.05, 0.1) is 7.11 Å². The molecule has 0 aliphatic heterocycles. The van der Waals surface area contributed by atoms with E-state index in [-0.39, 0.29) is 36.1 Å². The smallest absolute Gasteiger partial charge is 0.190 e. The Bertz CT molecular complexity index is 968. The molecule has 2 aromatic carbocycles. The fraction of sp³-hybridized carbons (Fsp3) is 0.227. The first kappa shape index (κ1) is 16.5. The first-order valence-corrected chi connectivity index (χ1v) is 8.64. The van der Waals surface area contributed by atoms with Crippen LogP contribution in [0.25, 0.3) is 0 Å². The van der Waals surface area contributed by atoms with Crippen molar-refractivity contribution in [1.29, 1.82) is 0 Å². The second-order valence-corrected chi connectivity index (χ2v) is 6.77. The molecule has 4 rings (SSSR count). The maximum absolute atomic E-state index is 13.1. The monoisotopic (exact) mass is 346 g/mol. The van der Waals surface area contributed by atoms with Gasteiger partial charge in [0.25, 0.3) is 0 Å². The summed E-state index contributed by atoms with van der Waals surface area (Å²) in [5.74, 6) is 0.171. The number of ether oxygens (including phenoxy) is 1. The third-order valence-electron chi connectivity index (χ3n) is 5.13. The van der Waals surface area contributed by atoms with Gasteiger partial charge in [-0.2, -0.15) is 0 Å². The summed E-state index contributed by atoms with van der Waals surface area (Å²) in [4.78, 5) is 38.2. The summed E-state index contributed by atoms with van der Waals surface area (Å²) in [7, 11) is 1.60. The Morgan fingerprint density at radius 2 is 1.69 bits per heavy atom. The number of methoxy groups -OCH3 is 1. The molecule has 130 valence electrons. The predicted octanol–water partition coefficient (Wildman–Crippen LogP) is 3.59. The largest absolute Gasteiger partial charge is 0.497 e. The van der Waals surface area contributed by atoms with E-state index in [1.54, 1.807) is 31.4 Å². The van der Waals surface area contributed by atoms with Crippen molar-refractivity contribution in [2.24, 2.45) is 5.92 Å². The fourth-order valence-corrected chi connectivity index (χ4v) is 3.96. The van der Waals surface area contributed by atoms with Crippen LogP contribution in [0.1, 0.15) is 39.1 Å². The van der Waals surface area contributed by atoms with Gasteiger partial charge in [-0.3, -0.25) is 14.4 Å². The summed E-state index contributed by atoms with van der Waals surface area (Å²) in [6.07, 6.45) is 0.878. The number of fused-ring (bicyclic) bond motifs is 1. The fourth-order valence-electron chi connectivity index (χ4n) is 3.96. The SMILES string of the molecule is COc1cccc(CC2CC(=O)CC3=C2C(=O)c2ccccc2C3=O)c1. The predicted molar refractivity (Wildman–Crippen MR) is 96.6 cm³/mol. The van der Waals surface area contributed by atoms with E-state index >= 15 is 0 Å². The van der Waals surface area contributed by atoms with Crippen molar-refractivity contribution in [3.8, 4) is 5.75 Å². The van der Waals surface area contributed by atoms with E-state index in [0.29, 0.717) is 28.7 Å². The highest BCUT2D eigenvalue weighted by molar-refractivity contribution is 6.28. The van der Waals surface area contributed by atoms with Gasteiger partial charge in [0.2, 0.25) is 0 Å². The summed E-state index contributed by atoms with van der Waals surface area (Å²) in [6, 6.07) is 14.5. The molecule has 0 spiro atoms. The Labute approximate surface area is 151 Å². The third kappa shape index (κ3) is 2.68. The van der Waals surface area contributed by atoms with Crippen LogP contribution in [0.4, 0.5) is 0 Å². The lowest BCUT2D eigenvalue weighted by Crippen LogP contribution is -2.33. The van der Waals surface area contributed by atoms with Gasteiger partial charge in [-0.1, -0.05) is 36.4 Å². The van der Waals surface area contributed by atoms with E-state index in [9.17, 15) is 14.4 Å². The lowest BCUT2D eigenvalue weighted by molar-refractivity contribution is -0.119. The zero-order chi connectivity index (χ0) is 18.3. The Kier molecular flexibility index (Phi) is 4.03. The first-order valence-electron chi connectivity index (χ1n) is 8.64. The molecule has 0 amide bonds. The molecule has 26 heavy (non-hydrogen) atoms. The molecule has 1 unspecified atom stereocenters. The molecule has 0 radical (unpaired) electrons. The molecule has 4 nitrogen and oxygen atoms in total. The van der Waals surface area contributed by atoms with Gasteiger partial charge in [0.15, 0.2) is 11.6 Å². The van der Waals surface area contributed by atoms with Crippen LogP contribution >= 0.6 is 0 Å². The van der Waals surface area contributed by atoms with Crippen molar-refractivity contribution in [2.75, 3.05) is 7.11 Å². The Hall–Kier alpha value is -3.01. The minimum Gasteiger partial charge on any atom is -0.497 e. The van der Waals surface area contributed by atoms with Crippen LogP contribution in [-0.4, -0.2) is 24.5 Å². The molecular weight excluding hydrogens is 328 g/mol. The molecule has 0 fully saturated rings. The minimum absolute atomic E-state index is 0.0113. The summed E-state index contributed by atoms with van der Waals surface area (Å²) in [5, 5.41) is 0. The number of allylic oxidation sites excluding steroid dienone is 2. The van der Waals surface area contributed by atoms with Crippen LogP contribution in [0.3, 0.4) is 0 Å². The van der Waals surface area contributed by atoms with Gasteiger partial charge < -0.3 is 4.74 Å². The lowest BCUT2D eigenvalue weighted by Gasteiger charge is -2.30. The number of carbonyl (C=O) groups is 3. The number of Topliss-reactive ketones (excluding diaryl/α,β-unsaturated/α-hetero) is 3. The maximum Gasteiger partial charge on any atom is 0.190 e. The van der Waals surface area contributed by atoms with Crippen molar-refractivity contribution >= 4 is 17.3 Å². The highest BCUT2D eigenvalue weighted by Crippen LogP contribution is 2.39. The Morgan fingerprint density at radius 1 is 0.962 bits per heavy atom. The molecule has 0 bridgehead atoms. The molecule has 0 aromatic heterocycles. The molecule has 1 atom stereocenters. The molecule has 0 N–H and O–H groups in total. The van der Waals surface area contributed by atoms with E-state index in [0.717, 1.165) is 11.3 Å². The first-order chi connectivity index (χ1) is 12.6. The van der Waals surface area contributed by atoms with Crippen LogP contribution in [0.5, 0.6) is 5.75 Å². The van der Waals surface area contributed by atoms with E-state index in [1.165, 1.54) is 0 Å². The minimum atomic E-state index is -0.275. The zero-order valence-electron chi connectivity index (χ0n) is 14.5. The van der Waals surface area contributed by atoms with Crippen molar-refractivity contribution < 1.29 is 19.1 Å². The second-order valence-electron chi connectivity index (χ2n) is 6.77. The lowest BCUT2D eigenvalue weighted by atomic mass is 9.70. The number of carbonyl (C=O) groups excluding carboxylic acids is 3. The third-order valence-corrected chi connectivity index (χ3v) is 5.13. The van der Waals surface area contributed by atoms with Crippen molar-refractivity contribution in [3.63, 3.8) is 0 Å². The van der Waals surface area contributed by atoms with E-state index in [2.05, 4.69) is 0 Å². The Morgan fingerprint density at radius 3 is 2.42 bits per heavy atom. The van der Waals surface area contributed by atoms with Gasteiger partial charge in [0.1, 0.15) is 11.5 Å². The second kappa shape index (κ2) is 6.37. The van der Waals surface area contributed by atoms with Crippen LogP contribution in [-0.2, 0) is 11.2 Å². The van der Waals surface area contributed by atoms with E-state index < -0.39 is 0 Å². The van der Waals surface area contributed by atoms with Crippen molar-refractivity contribution in [1.82, 2.24) is 0 Å². The number of ketones is 3. The maximum atomic E-state index is 13.1. The quantitative estimate of drug-likeness (QED) is 0.852. The molecular formula is C22H18O4. The van der Waals surface area contributed by atoms with Crippen LogP contribution in [0, 0.1) is 5.92 Å². The highest BCUT2D eigenvalue weighted by Gasteiger charge is 2.40. The molecule has 2 aromatic rings. The Balaban J connectivity index is 1.76. The van der Waals surface area contributed by atoms with Crippen LogP contribution in [0.15, 0.2) is 59.7 Å². The molecule has 4 heteroatoms. The summed E-state index contributed by atoms with van der Waals surface area (Å²) in [5.41, 5.74) is 2.75. The summed E-state index contributed by atoms with van der Waals surface area (Å²) >= 11 is 0. The zero-order valence-corrected chi connectivity index (χ0v) is 14.5. The average Bonchev–Trinajstić information content (AvgIpc) is 2.66. The molecule has 0 saturated carbocycles. The van der Waals surface area contributed by atoms with Gasteiger partial charge >= 0.3 is 0 Å². The van der Waals surface area contributed by atoms with E-state index in [4.69, 9.17) is 4.74 Å². The van der Waals surface area contributed by atoms with Crippen molar-refractivity contribution in [2.45, 2.75) is 19.3 Å². The molecule has 0 heterocycles. The standard InChI is InChI=1S/C22H18O4/c1-26-16-6-4-5-13(10-16)9-14-11-15(23)12-19-20(14)22(25)18-8-3-2-7-17(18)21(19)24/h2-8,10,14H,9,11-12H2,1H3. The van der Waals surface area contributed by atoms with E-state index in [1.807, 2.05) is 24.3 Å². The summed E-state index contributed by atoms with van der Waals surface area (Å²) < 4.78 is 5.26. The van der Waals surface area contributed by atoms with Gasteiger partial charge in [-0.05, 0) is 30.0 Å².